The van der Waals surface area contributed by atoms with E-state index in [0.717, 1.165) is 18.7 Å². The fourth-order valence-electron chi connectivity index (χ4n) is 1.20. The Morgan fingerprint density at radius 2 is 2.24 bits per heavy atom. The third-order valence-corrected chi connectivity index (χ3v) is 2.17. The Kier molecular flexibility index (Phi) is 8.75. The Labute approximate surface area is 120 Å². The molecule has 5 heteroatoms. The molecule has 0 aliphatic carbocycles. The van der Waals surface area contributed by atoms with E-state index in [1.54, 1.807) is 6.20 Å². The molecule has 1 heterocycles. The summed E-state index contributed by atoms with van der Waals surface area (Å²) in [7, 11) is 0. The second-order valence-corrected chi connectivity index (χ2v) is 4.13. The largest absolute Gasteiger partial charge is 0.370 e. The van der Waals surface area contributed by atoms with E-state index in [1.165, 1.54) is 0 Å². The first-order chi connectivity index (χ1) is 7.68. The maximum Gasteiger partial charge on any atom is 0.188 e. The molecule has 0 saturated heterocycles. The molecule has 4 nitrogen and oxygen atoms in total. The van der Waals surface area contributed by atoms with Crippen LogP contribution < -0.4 is 11.1 Å². The van der Waals surface area contributed by atoms with Crippen LogP contribution >= 0.6 is 24.0 Å². The standard InChI is InChI=1S/C12H20N4.HI/c1-10(2)6-8-15-12(13)16-9-11-5-3-4-7-14-11;/h3-5,7,10H,6,8-9H2,1-2H3,(H3,13,15,16);1H. The fraction of sp³-hybridized carbons (Fsp3) is 0.500. The summed E-state index contributed by atoms with van der Waals surface area (Å²) in [6.07, 6.45) is 2.85. The first-order valence-electron chi connectivity index (χ1n) is 5.62. The van der Waals surface area contributed by atoms with Gasteiger partial charge in [-0.25, -0.2) is 4.99 Å². The number of halogens is 1. The summed E-state index contributed by atoms with van der Waals surface area (Å²) in [4.78, 5) is 8.38. The SMILES string of the molecule is CC(C)CCNC(N)=NCc1ccccn1.I. The minimum atomic E-state index is 0. The summed E-state index contributed by atoms with van der Waals surface area (Å²) in [5, 5.41) is 3.08. The van der Waals surface area contributed by atoms with Crippen LogP contribution in [0.2, 0.25) is 0 Å². The van der Waals surface area contributed by atoms with Crippen LogP contribution in [0.5, 0.6) is 0 Å². The number of aliphatic imine (C=N–C) groups is 1. The Bertz CT molecular complexity index is 325. The van der Waals surface area contributed by atoms with Crippen LogP contribution in [-0.2, 0) is 6.54 Å². The maximum absolute atomic E-state index is 5.72. The Balaban J connectivity index is 0.00000256. The van der Waals surface area contributed by atoms with Crippen LogP contribution in [0.3, 0.4) is 0 Å². The lowest BCUT2D eigenvalue weighted by Gasteiger charge is -2.07. The van der Waals surface area contributed by atoms with Gasteiger partial charge >= 0.3 is 0 Å². The minimum absolute atomic E-state index is 0. The summed E-state index contributed by atoms with van der Waals surface area (Å²) in [6, 6.07) is 5.77. The molecule has 96 valence electrons. The van der Waals surface area contributed by atoms with Crippen LogP contribution in [0.15, 0.2) is 29.4 Å². The maximum atomic E-state index is 5.72. The van der Waals surface area contributed by atoms with Crippen molar-refractivity contribution < 1.29 is 0 Å². The molecule has 17 heavy (non-hydrogen) atoms. The van der Waals surface area contributed by atoms with Crippen molar-refractivity contribution in [2.45, 2.75) is 26.8 Å². The number of hydrogen-bond acceptors (Lipinski definition) is 2. The number of nitrogens with one attached hydrogen (secondary N) is 1. The van der Waals surface area contributed by atoms with Gasteiger partial charge in [-0.1, -0.05) is 19.9 Å². The van der Waals surface area contributed by atoms with Gasteiger partial charge in [0.2, 0.25) is 0 Å². The predicted molar refractivity (Wildman–Crippen MR) is 82.4 cm³/mol. The van der Waals surface area contributed by atoms with Crippen LogP contribution in [0.4, 0.5) is 0 Å². The second kappa shape index (κ2) is 9.21. The summed E-state index contributed by atoms with van der Waals surface area (Å²) >= 11 is 0. The van der Waals surface area contributed by atoms with Crippen LogP contribution in [-0.4, -0.2) is 17.5 Å². The summed E-state index contributed by atoms with van der Waals surface area (Å²) in [5.74, 6) is 1.17. The molecule has 0 aliphatic heterocycles. The average molecular weight is 348 g/mol. The van der Waals surface area contributed by atoms with Gasteiger partial charge in [-0.15, -0.1) is 24.0 Å². The van der Waals surface area contributed by atoms with E-state index >= 15 is 0 Å². The molecule has 0 radical (unpaired) electrons. The van der Waals surface area contributed by atoms with Gasteiger partial charge in [0.05, 0.1) is 12.2 Å². The molecule has 0 aliphatic rings. The number of nitrogens with zero attached hydrogens (tertiary/aromatic N) is 2. The van der Waals surface area contributed by atoms with Crippen molar-refractivity contribution in [3.05, 3.63) is 30.1 Å². The van der Waals surface area contributed by atoms with E-state index < -0.39 is 0 Å². The highest BCUT2D eigenvalue weighted by molar-refractivity contribution is 14.0. The lowest BCUT2D eigenvalue weighted by atomic mass is 10.1. The van der Waals surface area contributed by atoms with Gasteiger partial charge in [0.25, 0.3) is 0 Å². The quantitative estimate of drug-likeness (QED) is 0.487. The van der Waals surface area contributed by atoms with E-state index in [-0.39, 0.29) is 24.0 Å². The van der Waals surface area contributed by atoms with E-state index in [4.69, 9.17) is 5.73 Å². The molecule has 1 aromatic heterocycles. The molecule has 0 fully saturated rings. The number of rotatable bonds is 5. The lowest BCUT2D eigenvalue weighted by molar-refractivity contribution is 0.576. The van der Waals surface area contributed by atoms with Crippen molar-refractivity contribution in [1.29, 1.82) is 0 Å². The molecule has 0 saturated carbocycles. The lowest BCUT2D eigenvalue weighted by Crippen LogP contribution is -2.32. The third kappa shape index (κ3) is 7.95. The highest BCUT2D eigenvalue weighted by Crippen LogP contribution is 1.97. The molecule has 0 amide bonds. The van der Waals surface area contributed by atoms with Crippen molar-refractivity contribution >= 4 is 29.9 Å². The molecular weight excluding hydrogens is 327 g/mol. The zero-order chi connectivity index (χ0) is 11.8. The molecule has 0 aromatic carbocycles. The molecule has 0 spiro atoms. The number of guanidine groups is 1. The zero-order valence-electron chi connectivity index (χ0n) is 10.4. The first-order valence-corrected chi connectivity index (χ1v) is 5.62. The summed E-state index contributed by atoms with van der Waals surface area (Å²) in [6.45, 7) is 5.77. The average Bonchev–Trinajstić information content (AvgIpc) is 2.27. The highest BCUT2D eigenvalue weighted by Gasteiger charge is 1.95. The number of nitrogens with two attached hydrogens (primary N) is 1. The Morgan fingerprint density at radius 3 is 2.82 bits per heavy atom. The van der Waals surface area contributed by atoms with Gasteiger partial charge in [0.1, 0.15) is 0 Å². The molecule has 0 bridgehead atoms. The van der Waals surface area contributed by atoms with Crippen LogP contribution in [0.25, 0.3) is 0 Å². The molecule has 1 aromatic rings. The van der Waals surface area contributed by atoms with Crippen LogP contribution in [0.1, 0.15) is 26.0 Å². The number of aromatic nitrogens is 1. The van der Waals surface area contributed by atoms with Gasteiger partial charge in [0, 0.05) is 12.7 Å². The normalized spacial score (nSPS) is 11.1. The van der Waals surface area contributed by atoms with Gasteiger partial charge in [-0.05, 0) is 24.5 Å². The first kappa shape index (κ1) is 16.1. The van der Waals surface area contributed by atoms with E-state index in [1.807, 2.05) is 18.2 Å². The van der Waals surface area contributed by atoms with E-state index in [0.29, 0.717) is 18.4 Å². The fourth-order valence-corrected chi connectivity index (χ4v) is 1.20. The second-order valence-electron chi connectivity index (χ2n) is 4.13. The topological polar surface area (TPSA) is 63.3 Å². The zero-order valence-corrected chi connectivity index (χ0v) is 12.7. The van der Waals surface area contributed by atoms with Gasteiger partial charge in [-0.3, -0.25) is 4.98 Å². The Hall–Kier alpha value is -0.850. The van der Waals surface area contributed by atoms with Gasteiger partial charge in [0.15, 0.2) is 5.96 Å². The van der Waals surface area contributed by atoms with E-state index in [2.05, 4.69) is 29.1 Å². The van der Waals surface area contributed by atoms with Crippen LogP contribution in [0, 0.1) is 5.92 Å². The smallest absolute Gasteiger partial charge is 0.188 e. The van der Waals surface area contributed by atoms with Gasteiger partial charge < -0.3 is 11.1 Å². The summed E-state index contributed by atoms with van der Waals surface area (Å²) < 4.78 is 0. The molecule has 0 unspecified atom stereocenters. The molecular formula is C12H21IN4. The number of pyridine rings is 1. The Morgan fingerprint density at radius 1 is 1.47 bits per heavy atom. The van der Waals surface area contributed by atoms with Crippen molar-refractivity contribution in [2.24, 2.45) is 16.6 Å². The van der Waals surface area contributed by atoms with E-state index in [9.17, 15) is 0 Å². The van der Waals surface area contributed by atoms with Crippen molar-refractivity contribution in [3.63, 3.8) is 0 Å². The summed E-state index contributed by atoms with van der Waals surface area (Å²) in [5.41, 5.74) is 6.65. The van der Waals surface area contributed by atoms with Crippen molar-refractivity contribution in [1.82, 2.24) is 10.3 Å². The van der Waals surface area contributed by atoms with Gasteiger partial charge in [-0.2, -0.15) is 0 Å². The molecule has 1 rings (SSSR count). The third-order valence-electron chi connectivity index (χ3n) is 2.17. The monoisotopic (exact) mass is 348 g/mol. The molecule has 0 atom stereocenters. The van der Waals surface area contributed by atoms with Crippen molar-refractivity contribution in [2.75, 3.05) is 6.54 Å². The highest BCUT2D eigenvalue weighted by atomic mass is 127. The predicted octanol–water partition coefficient (Wildman–Crippen LogP) is 2.15. The minimum Gasteiger partial charge on any atom is -0.370 e. The number of hydrogen-bond donors (Lipinski definition) is 2. The molecule has 3 N–H and O–H groups in total. The van der Waals surface area contributed by atoms with Crippen molar-refractivity contribution in [3.8, 4) is 0 Å².